The molecule has 1 heteroatoms. The summed E-state index contributed by atoms with van der Waals surface area (Å²) in [5.74, 6) is 1.08. The molecule has 0 atom stereocenters. The Morgan fingerprint density at radius 1 is 0.789 bits per heavy atom. The zero-order valence-electron chi connectivity index (χ0n) is 12.8. The average molecular weight is 263 g/mol. The van der Waals surface area contributed by atoms with E-state index in [1.54, 1.807) is 12.8 Å². The third-order valence-corrected chi connectivity index (χ3v) is 6.41. The molecule has 3 aliphatic carbocycles. The van der Waals surface area contributed by atoms with Gasteiger partial charge in [0.1, 0.15) is 0 Å². The van der Waals surface area contributed by atoms with Gasteiger partial charge >= 0.3 is 0 Å². The Labute approximate surface area is 119 Å². The van der Waals surface area contributed by atoms with Crippen LogP contribution in [0.25, 0.3) is 0 Å². The topological polar surface area (TPSA) is 12.0 Å². The van der Waals surface area contributed by atoms with E-state index in [4.69, 9.17) is 0 Å². The molecule has 1 N–H and O–H groups in total. The van der Waals surface area contributed by atoms with Crippen molar-refractivity contribution in [2.24, 2.45) is 11.3 Å². The van der Waals surface area contributed by atoms with Crippen LogP contribution in [-0.2, 0) is 0 Å². The van der Waals surface area contributed by atoms with Gasteiger partial charge in [-0.1, -0.05) is 38.5 Å². The van der Waals surface area contributed by atoms with E-state index in [9.17, 15) is 0 Å². The van der Waals surface area contributed by atoms with Crippen LogP contribution >= 0.6 is 0 Å². The van der Waals surface area contributed by atoms with Gasteiger partial charge in [0.15, 0.2) is 0 Å². The van der Waals surface area contributed by atoms with E-state index in [1.807, 2.05) is 0 Å². The first-order chi connectivity index (χ1) is 9.36. The van der Waals surface area contributed by atoms with E-state index in [0.717, 1.165) is 17.4 Å². The minimum Gasteiger partial charge on any atom is -0.314 e. The normalized spacial score (nSPS) is 28.4. The Hall–Kier alpha value is -0.0400. The van der Waals surface area contributed by atoms with Gasteiger partial charge in [-0.25, -0.2) is 0 Å². The number of nitrogens with one attached hydrogen (secondary N) is 1. The molecule has 0 unspecified atom stereocenters. The quantitative estimate of drug-likeness (QED) is 0.684. The molecule has 110 valence electrons. The summed E-state index contributed by atoms with van der Waals surface area (Å²) in [6.07, 6.45) is 21.0. The lowest BCUT2D eigenvalue weighted by molar-refractivity contribution is 0.168. The SMILES string of the molecule is C1CCC(CCCNC2CCC3(CCCC3)CC2)C1. The Morgan fingerprint density at radius 3 is 2.16 bits per heavy atom. The first-order valence-corrected chi connectivity index (χ1v) is 9.10. The third-order valence-electron chi connectivity index (χ3n) is 6.41. The molecule has 3 saturated carbocycles. The summed E-state index contributed by atoms with van der Waals surface area (Å²) in [7, 11) is 0. The molecule has 0 radical (unpaired) electrons. The van der Waals surface area contributed by atoms with Gasteiger partial charge in [-0.15, -0.1) is 0 Å². The van der Waals surface area contributed by atoms with Gasteiger partial charge in [0.2, 0.25) is 0 Å². The molecule has 1 spiro atoms. The summed E-state index contributed by atoms with van der Waals surface area (Å²) >= 11 is 0. The molecule has 0 bridgehead atoms. The minimum absolute atomic E-state index is 0.808. The predicted molar refractivity (Wildman–Crippen MR) is 82.4 cm³/mol. The van der Waals surface area contributed by atoms with Crippen LogP contribution in [0.2, 0.25) is 0 Å². The second-order valence-corrected chi connectivity index (χ2v) is 7.73. The standard InChI is InChI=1S/C18H33N/c1-2-7-16(6-1)8-5-15-19-17-9-13-18(14-10-17)11-3-4-12-18/h16-17,19H,1-15H2. The maximum Gasteiger partial charge on any atom is 0.00674 e. The molecule has 3 rings (SSSR count). The van der Waals surface area contributed by atoms with Gasteiger partial charge in [-0.2, -0.15) is 0 Å². The Balaban J connectivity index is 1.27. The van der Waals surface area contributed by atoms with Crippen LogP contribution in [-0.4, -0.2) is 12.6 Å². The predicted octanol–water partition coefficient (Wildman–Crippen LogP) is 5.05. The highest BCUT2D eigenvalue weighted by Gasteiger charge is 2.37. The van der Waals surface area contributed by atoms with Gasteiger partial charge in [0, 0.05) is 6.04 Å². The monoisotopic (exact) mass is 263 g/mol. The van der Waals surface area contributed by atoms with E-state index in [1.165, 1.54) is 83.6 Å². The molecule has 1 nitrogen and oxygen atoms in total. The van der Waals surface area contributed by atoms with Crippen molar-refractivity contribution in [1.82, 2.24) is 5.32 Å². The van der Waals surface area contributed by atoms with Crippen LogP contribution in [0.4, 0.5) is 0 Å². The molecule has 0 aromatic heterocycles. The van der Waals surface area contributed by atoms with Crippen LogP contribution in [0.3, 0.4) is 0 Å². The van der Waals surface area contributed by atoms with E-state index >= 15 is 0 Å². The second kappa shape index (κ2) is 6.61. The van der Waals surface area contributed by atoms with Crippen LogP contribution in [0, 0.1) is 11.3 Å². The molecule has 0 heterocycles. The molecule has 0 aromatic carbocycles. The fourth-order valence-corrected chi connectivity index (χ4v) is 5.06. The van der Waals surface area contributed by atoms with Gasteiger partial charge in [-0.3, -0.25) is 0 Å². The van der Waals surface area contributed by atoms with Gasteiger partial charge in [0.05, 0.1) is 0 Å². The Bertz CT molecular complexity index is 251. The van der Waals surface area contributed by atoms with Gasteiger partial charge in [0.25, 0.3) is 0 Å². The summed E-state index contributed by atoms with van der Waals surface area (Å²) in [5, 5.41) is 3.85. The maximum atomic E-state index is 3.85. The molecule has 0 saturated heterocycles. The van der Waals surface area contributed by atoms with Crippen LogP contribution in [0.15, 0.2) is 0 Å². The lowest BCUT2D eigenvalue weighted by atomic mass is 9.71. The molecule has 19 heavy (non-hydrogen) atoms. The smallest absolute Gasteiger partial charge is 0.00674 e. The highest BCUT2D eigenvalue weighted by atomic mass is 14.9. The molecule has 3 fully saturated rings. The maximum absolute atomic E-state index is 3.85. The number of hydrogen-bond acceptors (Lipinski definition) is 1. The fourth-order valence-electron chi connectivity index (χ4n) is 5.06. The van der Waals surface area contributed by atoms with Crippen LogP contribution in [0.1, 0.15) is 89.9 Å². The third kappa shape index (κ3) is 3.74. The molecule has 0 amide bonds. The van der Waals surface area contributed by atoms with Crippen molar-refractivity contribution in [3.8, 4) is 0 Å². The summed E-state index contributed by atoms with van der Waals surface area (Å²) in [6, 6.07) is 0.856. The zero-order valence-corrected chi connectivity index (χ0v) is 12.8. The van der Waals surface area contributed by atoms with Crippen molar-refractivity contribution in [3.63, 3.8) is 0 Å². The molecule has 0 aromatic rings. The second-order valence-electron chi connectivity index (χ2n) is 7.73. The van der Waals surface area contributed by atoms with Crippen LogP contribution in [0.5, 0.6) is 0 Å². The van der Waals surface area contributed by atoms with E-state index in [2.05, 4.69) is 5.32 Å². The summed E-state index contributed by atoms with van der Waals surface area (Å²) < 4.78 is 0. The molecular weight excluding hydrogens is 230 g/mol. The summed E-state index contributed by atoms with van der Waals surface area (Å²) in [4.78, 5) is 0. The van der Waals surface area contributed by atoms with Crippen molar-refractivity contribution in [3.05, 3.63) is 0 Å². The summed E-state index contributed by atoms with van der Waals surface area (Å²) in [6.45, 7) is 1.29. The highest BCUT2D eigenvalue weighted by Crippen LogP contribution is 2.48. The molecule has 0 aliphatic heterocycles. The van der Waals surface area contributed by atoms with Crippen LogP contribution < -0.4 is 5.32 Å². The van der Waals surface area contributed by atoms with E-state index < -0.39 is 0 Å². The fraction of sp³-hybridized carbons (Fsp3) is 1.00. The van der Waals surface area contributed by atoms with Crippen molar-refractivity contribution in [2.75, 3.05) is 6.54 Å². The van der Waals surface area contributed by atoms with Crippen molar-refractivity contribution in [1.29, 1.82) is 0 Å². The Morgan fingerprint density at radius 2 is 1.47 bits per heavy atom. The zero-order chi connectivity index (χ0) is 13.0. The molecule has 3 aliphatic rings. The first-order valence-electron chi connectivity index (χ1n) is 9.10. The van der Waals surface area contributed by atoms with Crippen molar-refractivity contribution in [2.45, 2.75) is 95.9 Å². The first kappa shape index (κ1) is 13.9. The van der Waals surface area contributed by atoms with Gasteiger partial charge < -0.3 is 5.32 Å². The number of rotatable bonds is 5. The van der Waals surface area contributed by atoms with Crippen molar-refractivity contribution >= 4 is 0 Å². The van der Waals surface area contributed by atoms with E-state index in [0.29, 0.717) is 0 Å². The largest absolute Gasteiger partial charge is 0.314 e. The Kier molecular flexibility index (Phi) is 4.84. The lowest BCUT2D eigenvalue weighted by Crippen LogP contribution is -2.37. The van der Waals surface area contributed by atoms with Gasteiger partial charge in [-0.05, 0) is 69.2 Å². The molecular formula is C18H33N. The van der Waals surface area contributed by atoms with Crippen molar-refractivity contribution < 1.29 is 0 Å². The number of hydrogen-bond donors (Lipinski definition) is 1. The average Bonchev–Trinajstić information content (AvgIpc) is 3.09. The minimum atomic E-state index is 0.808. The van der Waals surface area contributed by atoms with E-state index in [-0.39, 0.29) is 0 Å². The lowest BCUT2D eigenvalue weighted by Gasteiger charge is -2.37. The summed E-state index contributed by atoms with van der Waals surface area (Å²) in [5.41, 5.74) is 0.808. The highest BCUT2D eigenvalue weighted by molar-refractivity contribution is 4.91.